The zero-order chi connectivity index (χ0) is 21.0. The van der Waals surface area contributed by atoms with Crippen LogP contribution in [0.4, 0.5) is 5.95 Å². The predicted molar refractivity (Wildman–Crippen MR) is 114 cm³/mol. The summed E-state index contributed by atoms with van der Waals surface area (Å²) >= 11 is 0. The number of rotatable bonds is 5. The fraction of sp³-hybridized carbons (Fsp3) is 0.227. The number of amidine groups is 1. The molecule has 1 atom stereocenters. The molecule has 3 aromatic rings. The molecule has 148 valence electrons. The van der Waals surface area contributed by atoms with Gasteiger partial charge >= 0.3 is 0 Å². The number of aromatic nitrogens is 3. The molecule has 1 aromatic carbocycles. The number of anilines is 1. The second-order valence-electron chi connectivity index (χ2n) is 7.31. The van der Waals surface area contributed by atoms with Crippen molar-refractivity contribution in [2.24, 2.45) is 16.6 Å². The van der Waals surface area contributed by atoms with Crippen molar-refractivity contribution in [1.82, 2.24) is 15.0 Å². The Morgan fingerprint density at radius 2 is 1.69 bits per heavy atom. The highest BCUT2D eigenvalue weighted by Crippen LogP contribution is 2.35. The lowest BCUT2D eigenvalue weighted by Gasteiger charge is -2.31. The number of carbonyl (C=O) groups excluding carboxylic acids is 1. The Labute approximate surface area is 169 Å². The SMILES string of the molecule is CC(C)C(C)(C(=O)N=C(N)c1cccnc1)c1ccc(-c2cnc(N)nc2)cc1. The van der Waals surface area contributed by atoms with Gasteiger partial charge in [-0.1, -0.05) is 38.1 Å². The van der Waals surface area contributed by atoms with Crippen molar-refractivity contribution in [3.8, 4) is 11.1 Å². The third kappa shape index (κ3) is 4.13. The Morgan fingerprint density at radius 1 is 1.03 bits per heavy atom. The zero-order valence-corrected chi connectivity index (χ0v) is 16.7. The molecule has 3 rings (SSSR count). The smallest absolute Gasteiger partial charge is 0.258 e. The molecule has 7 heteroatoms. The number of benzene rings is 1. The summed E-state index contributed by atoms with van der Waals surface area (Å²) in [6, 6.07) is 11.3. The van der Waals surface area contributed by atoms with E-state index in [1.807, 2.05) is 45.0 Å². The van der Waals surface area contributed by atoms with E-state index >= 15 is 0 Å². The first-order valence-corrected chi connectivity index (χ1v) is 9.29. The van der Waals surface area contributed by atoms with Gasteiger partial charge in [0.25, 0.3) is 5.91 Å². The molecule has 2 aromatic heterocycles. The van der Waals surface area contributed by atoms with Crippen LogP contribution in [-0.2, 0) is 10.2 Å². The minimum Gasteiger partial charge on any atom is -0.383 e. The van der Waals surface area contributed by atoms with Crippen LogP contribution in [0.5, 0.6) is 0 Å². The molecule has 4 N–H and O–H groups in total. The van der Waals surface area contributed by atoms with Crippen molar-refractivity contribution < 1.29 is 4.79 Å². The van der Waals surface area contributed by atoms with E-state index in [1.165, 1.54) is 0 Å². The van der Waals surface area contributed by atoms with E-state index in [2.05, 4.69) is 19.9 Å². The molecule has 0 radical (unpaired) electrons. The molecule has 2 heterocycles. The molecule has 0 aliphatic carbocycles. The number of nitrogens with zero attached hydrogens (tertiary/aromatic N) is 4. The van der Waals surface area contributed by atoms with E-state index in [-0.39, 0.29) is 23.6 Å². The number of carbonyl (C=O) groups is 1. The van der Waals surface area contributed by atoms with Gasteiger partial charge in [-0.05, 0) is 36.1 Å². The highest BCUT2D eigenvalue weighted by atomic mass is 16.1. The predicted octanol–water partition coefficient (Wildman–Crippen LogP) is 2.97. The van der Waals surface area contributed by atoms with E-state index in [0.29, 0.717) is 5.56 Å². The van der Waals surface area contributed by atoms with Gasteiger partial charge in [0.1, 0.15) is 5.84 Å². The first kappa shape index (κ1) is 20.1. The highest BCUT2D eigenvalue weighted by Gasteiger charge is 2.38. The monoisotopic (exact) mass is 388 g/mol. The van der Waals surface area contributed by atoms with Crippen molar-refractivity contribution in [3.05, 3.63) is 72.3 Å². The van der Waals surface area contributed by atoms with Gasteiger partial charge in [0, 0.05) is 35.9 Å². The molecule has 0 fully saturated rings. The number of pyridine rings is 1. The Hall–Kier alpha value is -3.61. The normalized spacial score (nSPS) is 13.9. The molecular weight excluding hydrogens is 364 g/mol. The van der Waals surface area contributed by atoms with Crippen LogP contribution in [0.1, 0.15) is 31.9 Å². The van der Waals surface area contributed by atoms with Crippen LogP contribution in [0.15, 0.2) is 66.2 Å². The molecule has 0 saturated carbocycles. The number of aliphatic imine (C=N–C) groups is 1. The van der Waals surface area contributed by atoms with Gasteiger partial charge in [0.2, 0.25) is 5.95 Å². The largest absolute Gasteiger partial charge is 0.383 e. The lowest BCUT2D eigenvalue weighted by Crippen LogP contribution is -2.38. The van der Waals surface area contributed by atoms with E-state index in [1.54, 1.807) is 36.9 Å². The lowest BCUT2D eigenvalue weighted by molar-refractivity contribution is -0.124. The van der Waals surface area contributed by atoms with Crippen molar-refractivity contribution in [2.75, 3.05) is 5.73 Å². The molecule has 29 heavy (non-hydrogen) atoms. The molecule has 0 aliphatic rings. The third-order valence-electron chi connectivity index (χ3n) is 5.27. The number of nitrogen functional groups attached to an aromatic ring is 1. The first-order chi connectivity index (χ1) is 13.8. The van der Waals surface area contributed by atoms with E-state index in [0.717, 1.165) is 16.7 Å². The molecule has 0 spiro atoms. The van der Waals surface area contributed by atoms with Gasteiger partial charge < -0.3 is 11.5 Å². The van der Waals surface area contributed by atoms with Crippen LogP contribution < -0.4 is 11.5 Å². The van der Waals surface area contributed by atoms with Crippen LogP contribution in [0.3, 0.4) is 0 Å². The Morgan fingerprint density at radius 3 is 2.24 bits per heavy atom. The van der Waals surface area contributed by atoms with E-state index in [9.17, 15) is 4.79 Å². The minimum absolute atomic E-state index is 0.00570. The fourth-order valence-corrected chi connectivity index (χ4v) is 3.00. The molecule has 1 unspecified atom stereocenters. The van der Waals surface area contributed by atoms with Crippen molar-refractivity contribution in [2.45, 2.75) is 26.2 Å². The van der Waals surface area contributed by atoms with Gasteiger partial charge in [0.15, 0.2) is 0 Å². The summed E-state index contributed by atoms with van der Waals surface area (Å²) in [5.41, 5.74) is 14.0. The average Bonchev–Trinajstić information content (AvgIpc) is 2.74. The van der Waals surface area contributed by atoms with E-state index < -0.39 is 5.41 Å². The summed E-state index contributed by atoms with van der Waals surface area (Å²) < 4.78 is 0. The van der Waals surface area contributed by atoms with Crippen LogP contribution in [0, 0.1) is 5.92 Å². The summed E-state index contributed by atoms with van der Waals surface area (Å²) in [7, 11) is 0. The molecule has 0 aliphatic heterocycles. The van der Waals surface area contributed by atoms with Gasteiger partial charge in [-0.15, -0.1) is 0 Å². The minimum atomic E-state index is -0.830. The summed E-state index contributed by atoms with van der Waals surface area (Å²) in [5.74, 6) is 0.0987. The molecular formula is C22H24N6O. The number of hydrogen-bond donors (Lipinski definition) is 2. The van der Waals surface area contributed by atoms with Gasteiger partial charge in [-0.2, -0.15) is 4.99 Å². The number of amides is 1. The Kier molecular flexibility index (Phi) is 5.68. The maximum absolute atomic E-state index is 13.2. The van der Waals surface area contributed by atoms with Crippen LogP contribution in [0.2, 0.25) is 0 Å². The lowest BCUT2D eigenvalue weighted by atomic mass is 9.72. The average molecular weight is 388 g/mol. The topological polar surface area (TPSA) is 120 Å². The van der Waals surface area contributed by atoms with E-state index in [4.69, 9.17) is 11.5 Å². The van der Waals surface area contributed by atoms with Crippen LogP contribution >= 0.6 is 0 Å². The van der Waals surface area contributed by atoms with Gasteiger partial charge in [-0.3, -0.25) is 9.78 Å². The first-order valence-electron chi connectivity index (χ1n) is 9.29. The van der Waals surface area contributed by atoms with Crippen LogP contribution in [0.25, 0.3) is 11.1 Å². The highest BCUT2D eigenvalue weighted by molar-refractivity contribution is 6.06. The fourth-order valence-electron chi connectivity index (χ4n) is 3.00. The molecule has 0 saturated heterocycles. The van der Waals surface area contributed by atoms with Gasteiger partial charge in [-0.25, -0.2) is 9.97 Å². The zero-order valence-electron chi connectivity index (χ0n) is 16.7. The maximum atomic E-state index is 13.2. The number of nitrogens with two attached hydrogens (primary N) is 2. The van der Waals surface area contributed by atoms with Crippen molar-refractivity contribution in [1.29, 1.82) is 0 Å². The van der Waals surface area contributed by atoms with Crippen molar-refractivity contribution >= 4 is 17.7 Å². The summed E-state index contributed by atoms with van der Waals surface area (Å²) in [6.07, 6.45) is 6.57. The molecule has 7 nitrogen and oxygen atoms in total. The number of hydrogen-bond acceptors (Lipinski definition) is 5. The van der Waals surface area contributed by atoms with Gasteiger partial charge in [0.05, 0.1) is 5.41 Å². The third-order valence-corrected chi connectivity index (χ3v) is 5.27. The summed E-state index contributed by atoms with van der Waals surface area (Å²) in [5, 5.41) is 0. The van der Waals surface area contributed by atoms with Crippen LogP contribution in [-0.4, -0.2) is 26.7 Å². The quantitative estimate of drug-likeness (QED) is 0.512. The second-order valence-corrected chi connectivity index (χ2v) is 7.31. The summed E-state index contributed by atoms with van der Waals surface area (Å²) in [6.45, 7) is 5.88. The standard InChI is InChI=1S/C22H24N6O/c1-14(2)22(3,20(29)28-19(23)16-5-4-10-25-11-16)18-8-6-15(7-9-18)17-12-26-21(24)27-13-17/h4-14H,1-3H3,(H2,23,28,29)(H2,24,26,27). The summed E-state index contributed by atoms with van der Waals surface area (Å²) in [4.78, 5) is 29.4. The molecule has 1 amide bonds. The second kappa shape index (κ2) is 8.18. The Bertz CT molecular complexity index is 1010. The Balaban J connectivity index is 1.93. The van der Waals surface area contributed by atoms with Crippen molar-refractivity contribution in [3.63, 3.8) is 0 Å². The maximum Gasteiger partial charge on any atom is 0.258 e. The molecule has 0 bridgehead atoms.